The van der Waals surface area contributed by atoms with Crippen molar-refractivity contribution in [2.45, 2.75) is 59.0 Å². The smallest absolute Gasteiger partial charge is 0.225 e. The number of carbonyl (C=O) groups excluding carboxylic acids is 1. The number of nitrogens with zero attached hydrogens (tertiary/aromatic N) is 7. The molecule has 1 amide bonds. The quantitative estimate of drug-likeness (QED) is 0.709. The number of hydrogen-bond donors (Lipinski definition) is 0. The van der Waals surface area contributed by atoms with Crippen LogP contribution >= 0.6 is 0 Å². The van der Waals surface area contributed by atoms with Gasteiger partial charge in [0, 0.05) is 64.0 Å². The largest absolute Gasteiger partial charge is 0.369 e. The highest BCUT2D eigenvalue weighted by Gasteiger charge is 2.28. The topological polar surface area (TPSA) is 70.4 Å². The van der Waals surface area contributed by atoms with Gasteiger partial charge in [-0.25, -0.2) is 9.97 Å². The van der Waals surface area contributed by atoms with Gasteiger partial charge < -0.3 is 14.7 Å². The predicted octanol–water partition coefficient (Wildman–Crippen LogP) is 2.87. The van der Waals surface area contributed by atoms with Gasteiger partial charge >= 0.3 is 0 Å². The van der Waals surface area contributed by atoms with Crippen LogP contribution in [0.25, 0.3) is 0 Å². The molecule has 2 aliphatic rings. The van der Waals surface area contributed by atoms with Crippen molar-refractivity contribution >= 4 is 17.5 Å². The summed E-state index contributed by atoms with van der Waals surface area (Å²) in [5.41, 5.74) is 3.19. The average molecular weight is 426 g/mol. The fourth-order valence-corrected chi connectivity index (χ4v) is 4.64. The third-order valence-corrected chi connectivity index (χ3v) is 6.63. The molecule has 0 radical (unpaired) electrons. The van der Waals surface area contributed by atoms with Gasteiger partial charge in [-0.3, -0.25) is 9.48 Å². The molecule has 168 valence electrons. The van der Waals surface area contributed by atoms with Crippen LogP contribution in [-0.2, 0) is 17.9 Å². The van der Waals surface area contributed by atoms with Crippen LogP contribution in [0.15, 0.2) is 18.6 Å². The summed E-state index contributed by atoms with van der Waals surface area (Å²) < 4.78 is 1.93. The van der Waals surface area contributed by atoms with Gasteiger partial charge in [0.15, 0.2) is 0 Å². The summed E-state index contributed by atoms with van der Waals surface area (Å²) in [7, 11) is 1.91. The Bertz CT molecular complexity index is 865. The molecule has 2 aromatic heterocycles. The number of anilines is 2. The van der Waals surface area contributed by atoms with E-state index < -0.39 is 0 Å². The fourth-order valence-electron chi connectivity index (χ4n) is 4.64. The lowest BCUT2D eigenvalue weighted by atomic mass is 9.95. The van der Waals surface area contributed by atoms with Crippen LogP contribution in [-0.4, -0.2) is 63.8 Å². The Kier molecular flexibility index (Phi) is 6.73. The van der Waals surface area contributed by atoms with E-state index >= 15 is 0 Å². The highest BCUT2D eigenvalue weighted by atomic mass is 16.2. The minimum Gasteiger partial charge on any atom is -0.369 e. The van der Waals surface area contributed by atoms with Gasteiger partial charge in [0.05, 0.1) is 23.8 Å². The molecule has 8 nitrogen and oxygen atoms in total. The third kappa shape index (κ3) is 4.99. The fraction of sp³-hybridized carbons (Fsp3) is 0.652. The van der Waals surface area contributed by atoms with E-state index in [1.165, 1.54) is 19.3 Å². The maximum Gasteiger partial charge on any atom is 0.225 e. The molecular formula is C23H35N7O. The minimum atomic E-state index is 0.0799. The Balaban J connectivity index is 1.29. The van der Waals surface area contributed by atoms with Crippen LogP contribution < -0.4 is 9.80 Å². The molecule has 4 rings (SSSR count). The number of carbonyl (C=O) groups is 1. The van der Waals surface area contributed by atoms with Crippen LogP contribution in [0.2, 0.25) is 0 Å². The molecule has 2 fully saturated rings. The van der Waals surface area contributed by atoms with Crippen molar-refractivity contribution in [3.8, 4) is 0 Å². The molecular weight excluding hydrogens is 390 g/mol. The Morgan fingerprint density at radius 3 is 2.35 bits per heavy atom. The summed E-state index contributed by atoms with van der Waals surface area (Å²) in [6.07, 6.45) is 11.4. The molecule has 0 aromatic carbocycles. The Morgan fingerprint density at radius 2 is 1.74 bits per heavy atom. The molecule has 0 spiro atoms. The standard InChI is InChI=1S/C23H35N7O/c1-4-30-17-20(18(2)26-30)16-27(3)22(31)19-8-12-28(13-9-19)21-14-24-23(25-15-21)29-10-6-5-7-11-29/h14-15,17,19H,4-13,16H2,1-3H3. The highest BCUT2D eigenvalue weighted by Crippen LogP contribution is 2.25. The molecule has 0 atom stereocenters. The van der Waals surface area contributed by atoms with Gasteiger partial charge in [0.2, 0.25) is 11.9 Å². The van der Waals surface area contributed by atoms with Crippen LogP contribution in [0.5, 0.6) is 0 Å². The van der Waals surface area contributed by atoms with E-state index in [1.807, 2.05) is 35.9 Å². The minimum absolute atomic E-state index is 0.0799. The van der Waals surface area contributed by atoms with Crippen LogP contribution in [0.1, 0.15) is 50.3 Å². The first-order valence-electron chi connectivity index (χ1n) is 11.6. The highest BCUT2D eigenvalue weighted by molar-refractivity contribution is 5.79. The summed E-state index contributed by atoms with van der Waals surface area (Å²) in [5, 5.41) is 4.49. The lowest BCUT2D eigenvalue weighted by Crippen LogP contribution is -2.41. The molecule has 31 heavy (non-hydrogen) atoms. The zero-order valence-electron chi connectivity index (χ0n) is 19.1. The first kappa shape index (κ1) is 21.6. The van der Waals surface area contributed by atoms with E-state index in [4.69, 9.17) is 0 Å². The zero-order chi connectivity index (χ0) is 21.8. The molecule has 2 aromatic rings. The number of hydrogen-bond acceptors (Lipinski definition) is 6. The summed E-state index contributed by atoms with van der Waals surface area (Å²) in [4.78, 5) is 28.7. The molecule has 0 bridgehead atoms. The molecule has 4 heterocycles. The second kappa shape index (κ2) is 9.66. The molecule has 0 unspecified atom stereocenters. The maximum atomic E-state index is 13.0. The molecule has 0 saturated carbocycles. The third-order valence-electron chi connectivity index (χ3n) is 6.63. The summed E-state index contributed by atoms with van der Waals surface area (Å²) in [6, 6.07) is 0. The zero-order valence-corrected chi connectivity index (χ0v) is 19.1. The number of aromatic nitrogens is 4. The van der Waals surface area contributed by atoms with Gasteiger partial charge in [-0.1, -0.05) is 0 Å². The van der Waals surface area contributed by atoms with E-state index in [-0.39, 0.29) is 11.8 Å². The number of rotatable bonds is 6. The summed E-state index contributed by atoms with van der Waals surface area (Å²) in [5.74, 6) is 1.16. The van der Waals surface area contributed by atoms with Crippen molar-refractivity contribution in [3.63, 3.8) is 0 Å². The molecule has 0 aliphatic carbocycles. The average Bonchev–Trinajstić information content (AvgIpc) is 3.18. The Morgan fingerprint density at radius 1 is 1.06 bits per heavy atom. The summed E-state index contributed by atoms with van der Waals surface area (Å²) in [6.45, 7) is 9.39. The second-order valence-electron chi connectivity index (χ2n) is 8.84. The molecule has 0 N–H and O–H groups in total. The van der Waals surface area contributed by atoms with E-state index in [0.29, 0.717) is 6.54 Å². The first-order chi connectivity index (χ1) is 15.0. The van der Waals surface area contributed by atoms with Gasteiger partial charge in [-0.05, 0) is 46.0 Å². The second-order valence-corrected chi connectivity index (χ2v) is 8.84. The Labute approximate surface area is 185 Å². The van der Waals surface area contributed by atoms with Crippen LogP contribution in [0.4, 0.5) is 11.6 Å². The van der Waals surface area contributed by atoms with Gasteiger partial charge in [-0.15, -0.1) is 0 Å². The first-order valence-corrected chi connectivity index (χ1v) is 11.6. The normalized spacial score (nSPS) is 17.8. The van der Waals surface area contributed by atoms with Crippen molar-refractivity contribution in [2.75, 3.05) is 43.0 Å². The lowest BCUT2D eigenvalue weighted by Gasteiger charge is -2.34. The van der Waals surface area contributed by atoms with Crippen molar-refractivity contribution in [1.82, 2.24) is 24.6 Å². The molecule has 2 aliphatic heterocycles. The predicted molar refractivity (Wildman–Crippen MR) is 122 cm³/mol. The van der Waals surface area contributed by atoms with Crippen molar-refractivity contribution in [1.29, 1.82) is 0 Å². The Hall–Kier alpha value is -2.64. The maximum absolute atomic E-state index is 13.0. The van der Waals surface area contributed by atoms with Crippen molar-refractivity contribution in [2.24, 2.45) is 5.92 Å². The monoisotopic (exact) mass is 425 g/mol. The van der Waals surface area contributed by atoms with Crippen molar-refractivity contribution in [3.05, 3.63) is 29.8 Å². The van der Waals surface area contributed by atoms with E-state index in [2.05, 4.69) is 38.0 Å². The van der Waals surface area contributed by atoms with Gasteiger partial charge in [-0.2, -0.15) is 5.10 Å². The number of piperidine rings is 2. The van der Waals surface area contributed by atoms with E-state index in [1.54, 1.807) is 0 Å². The van der Waals surface area contributed by atoms with E-state index in [9.17, 15) is 4.79 Å². The molecule has 2 saturated heterocycles. The lowest BCUT2D eigenvalue weighted by molar-refractivity contribution is -0.135. The molecule has 8 heteroatoms. The van der Waals surface area contributed by atoms with Crippen LogP contribution in [0, 0.1) is 12.8 Å². The van der Waals surface area contributed by atoms with E-state index in [0.717, 1.165) is 68.5 Å². The number of aryl methyl sites for hydroxylation is 2. The van der Waals surface area contributed by atoms with Crippen molar-refractivity contribution < 1.29 is 4.79 Å². The van der Waals surface area contributed by atoms with Gasteiger partial charge in [0.1, 0.15) is 0 Å². The van der Waals surface area contributed by atoms with Gasteiger partial charge in [0.25, 0.3) is 0 Å². The number of amides is 1. The van der Waals surface area contributed by atoms with Crippen LogP contribution in [0.3, 0.4) is 0 Å². The summed E-state index contributed by atoms with van der Waals surface area (Å²) >= 11 is 0. The SMILES string of the molecule is CCn1cc(CN(C)C(=O)C2CCN(c3cnc(N4CCCCC4)nc3)CC2)c(C)n1.